The maximum Gasteiger partial charge on any atom is 0.224 e. The third-order valence-electron chi connectivity index (χ3n) is 2.41. The Hall–Kier alpha value is -1.58. The summed E-state index contributed by atoms with van der Waals surface area (Å²) in [4.78, 5) is 15.8. The molecule has 0 saturated heterocycles. The highest BCUT2D eigenvalue weighted by atomic mass is 16.1. The van der Waals surface area contributed by atoms with Crippen LogP contribution in [0, 0.1) is 5.41 Å². The van der Waals surface area contributed by atoms with Crippen LogP contribution in [0.2, 0.25) is 0 Å². The number of anilines is 2. The Kier molecular flexibility index (Phi) is 4.49. The predicted octanol–water partition coefficient (Wildman–Crippen LogP) is 2.89. The number of rotatable bonds is 4. The largest absolute Gasteiger partial charge is 0.373 e. The monoisotopic (exact) mass is 235 g/mol. The fourth-order valence-corrected chi connectivity index (χ4v) is 1.33. The number of hydrogen-bond donors (Lipinski definition) is 2. The van der Waals surface area contributed by atoms with Gasteiger partial charge in [-0.25, -0.2) is 4.98 Å². The Balaban J connectivity index is 2.45. The van der Waals surface area contributed by atoms with E-state index in [1.54, 1.807) is 6.20 Å². The van der Waals surface area contributed by atoms with Crippen LogP contribution >= 0.6 is 0 Å². The molecule has 1 rings (SSSR count). The maximum absolute atomic E-state index is 11.7. The van der Waals surface area contributed by atoms with E-state index in [0.29, 0.717) is 6.42 Å². The SMILES string of the molecule is CNc1ccc(NC(=O)CCC(C)(C)C)cn1. The number of nitrogens with one attached hydrogen (secondary N) is 2. The quantitative estimate of drug-likeness (QED) is 0.843. The van der Waals surface area contributed by atoms with E-state index in [0.717, 1.165) is 17.9 Å². The summed E-state index contributed by atoms with van der Waals surface area (Å²) in [6, 6.07) is 3.67. The molecule has 0 radical (unpaired) electrons. The number of nitrogens with zero attached hydrogens (tertiary/aromatic N) is 1. The van der Waals surface area contributed by atoms with E-state index < -0.39 is 0 Å². The van der Waals surface area contributed by atoms with Crippen LogP contribution in [0.15, 0.2) is 18.3 Å². The molecular formula is C13H21N3O. The van der Waals surface area contributed by atoms with E-state index in [9.17, 15) is 4.79 Å². The van der Waals surface area contributed by atoms with E-state index in [4.69, 9.17) is 0 Å². The molecule has 17 heavy (non-hydrogen) atoms. The summed E-state index contributed by atoms with van der Waals surface area (Å²) < 4.78 is 0. The molecular weight excluding hydrogens is 214 g/mol. The van der Waals surface area contributed by atoms with Crippen molar-refractivity contribution in [3.63, 3.8) is 0 Å². The second kappa shape index (κ2) is 5.66. The Bertz CT molecular complexity index is 365. The van der Waals surface area contributed by atoms with Crippen molar-refractivity contribution in [1.29, 1.82) is 0 Å². The van der Waals surface area contributed by atoms with Crippen molar-refractivity contribution in [3.8, 4) is 0 Å². The van der Waals surface area contributed by atoms with Gasteiger partial charge in [0.25, 0.3) is 0 Å². The zero-order valence-electron chi connectivity index (χ0n) is 11.0. The van der Waals surface area contributed by atoms with Crippen molar-refractivity contribution >= 4 is 17.4 Å². The summed E-state index contributed by atoms with van der Waals surface area (Å²) in [5, 5.41) is 5.77. The van der Waals surface area contributed by atoms with Crippen LogP contribution < -0.4 is 10.6 Å². The minimum Gasteiger partial charge on any atom is -0.373 e. The van der Waals surface area contributed by atoms with Crippen molar-refractivity contribution < 1.29 is 4.79 Å². The highest BCUT2D eigenvalue weighted by molar-refractivity contribution is 5.90. The molecule has 0 saturated carbocycles. The van der Waals surface area contributed by atoms with Gasteiger partial charge in [-0.3, -0.25) is 4.79 Å². The van der Waals surface area contributed by atoms with Crippen LogP contribution in [-0.2, 0) is 4.79 Å². The van der Waals surface area contributed by atoms with Crippen molar-refractivity contribution in [2.45, 2.75) is 33.6 Å². The molecule has 0 aliphatic carbocycles. The molecule has 0 atom stereocenters. The van der Waals surface area contributed by atoms with Crippen LogP contribution in [0.1, 0.15) is 33.6 Å². The summed E-state index contributed by atoms with van der Waals surface area (Å²) in [5.41, 5.74) is 0.925. The van der Waals surface area contributed by atoms with Gasteiger partial charge in [-0.1, -0.05) is 20.8 Å². The first-order valence-electron chi connectivity index (χ1n) is 5.84. The lowest BCUT2D eigenvalue weighted by molar-refractivity contribution is -0.116. The fraction of sp³-hybridized carbons (Fsp3) is 0.538. The molecule has 0 spiro atoms. The van der Waals surface area contributed by atoms with Gasteiger partial charge in [0, 0.05) is 13.5 Å². The summed E-state index contributed by atoms with van der Waals surface area (Å²) in [5.74, 6) is 0.830. The van der Waals surface area contributed by atoms with E-state index in [-0.39, 0.29) is 11.3 Å². The first kappa shape index (κ1) is 13.5. The molecule has 4 nitrogen and oxygen atoms in total. The lowest BCUT2D eigenvalue weighted by Gasteiger charge is -2.17. The van der Waals surface area contributed by atoms with Crippen LogP contribution in [0.4, 0.5) is 11.5 Å². The molecule has 1 aromatic rings. The zero-order chi connectivity index (χ0) is 12.9. The second-order valence-corrected chi connectivity index (χ2v) is 5.29. The molecule has 0 unspecified atom stereocenters. The first-order valence-corrected chi connectivity index (χ1v) is 5.84. The standard InChI is InChI=1S/C13H21N3O/c1-13(2,3)8-7-12(17)16-10-5-6-11(14-4)15-9-10/h5-6,9H,7-8H2,1-4H3,(H,14,15)(H,16,17). The smallest absolute Gasteiger partial charge is 0.224 e. The minimum absolute atomic E-state index is 0.0407. The van der Waals surface area contributed by atoms with Gasteiger partial charge in [0.2, 0.25) is 5.91 Å². The molecule has 0 bridgehead atoms. The van der Waals surface area contributed by atoms with Crippen molar-refractivity contribution in [3.05, 3.63) is 18.3 Å². The van der Waals surface area contributed by atoms with Gasteiger partial charge < -0.3 is 10.6 Å². The van der Waals surface area contributed by atoms with Crippen molar-refractivity contribution in [2.24, 2.45) is 5.41 Å². The summed E-state index contributed by atoms with van der Waals surface area (Å²) in [6.07, 6.45) is 3.07. The Morgan fingerprint density at radius 1 is 1.35 bits per heavy atom. The van der Waals surface area contributed by atoms with Gasteiger partial charge in [-0.05, 0) is 24.0 Å². The maximum atomic E-state index is 11.7. The summed E-state index contributed by atoms with van der Waals surface area (Å²) >= 11 is 0. The minimum atomic E-state index is 0.0407. The lowest BCUT2D eigenvalue weighted by Crippen LogP contribution is -2.15. The number of hydrogen-bond acceptors (Lipinski definition) is 3. The Labute approximate surface area is 103 Å². The molecule has 0 aromatic carbocycles. The highest BCUT2D eigenvalue weighted by Crippen LogP contribution is 2.20. The van der Waals surface area contributed by atoms with E-state index >= 15 is 0 Å². The molecule has 0 aliphatic heterocycles. The van der Waals surface area contributed by atoms with Gasteiger partial charge in [0.15, 0.2) is 0 Å². The topological polar surface area (TPSA) is 54.0 Å². The van der Waals surface area contributed by atoms with E-state index in [1.165, 1.54) is 0 Å². The van der Waals surface area contributed by atoms with Crippen LogP contribution in [-0.4, -0.2) is 17.9 Å². The second-order valence-electron chi connectivity index (χ2n) is 5.29. The Morgan fingerprint density at radius 3 is 2.53 bits per heavy atom. The van der Waals surface area contributed by atoms with Crippen molar-refractivity contribution in [1.82, 2.24) is 4.98 Å². The Morgan fingerprint density at radius 2 is 2.06 bits per heavy atom. The normalized spacial score (nSPS) is 11.1. The van der Waals surface area contributed by atoms with Gasteiger partial charge in [0.05, 0.1) is 11.9 Å². The number of aromatic nitrogens is 1. The number of amides is 1. The zero-order valence-corrected chi connectivity index (χ0v) is 11.0. The number of pyridine rings is 1. The molecule has 2 N–H and O–H groups in total. The van der Waals surface area contributed by atoms with E-state index in [2.05, 4.69) is 36.4 Å². The number of carbonyl (C=O) groups is 1. The van der Waals surface area contributed by atoms with Crippen LogP contribution in [0.5, 0.6) is 0 Å². The molecule has 0 fully saturated rings. The third-order valence-corrected chi connectivity index (χ3v) is 2.41. The molecule has 0 aliphatic rings. The lowest BCUT2D eigenvalue weighted by atomic mass is 9.90. The van der Waals surface area contributed by atoms with Gasteiger partial charge in [-0.2, -0.15) is 0 Å². The third kappa shape index (κ3) is 5.33. The molecule has 1 heterocycles. The van der Waals surface area contributed by atoms with Gasteiger partial charge in [0.1, 0.15) is 5.82 Å². The first-order chi connectivity index (χ1) is 7.90. The number of carbonyl (C=O) groups excluding carboxylic acids is 1. The molecule has 1 aromatic heterocycles. The average Bonchev–Trinajstić information content (AvgIpc) is 2.27. The molecule has 4 heteroatoms. The molecule has 1 amide bonds. The van der Waals surface area contributed by atoms with Crippen molar-refractivity contribution in [2.75, 3.05) is 17.7 Å². The van der Waals surface area contributed by atoms with Crippen LogP contribution in [0.25, 0.3) is 0 Å². The van der Waals surface area contributed by atoms with Gasteiger partial charge >= 0.3 is 0 Å². The highest BCUT2D eigenvalue weighted by Gasteiger charge is 2.12. The fourth-order valence-electron chi connectivity index (χ4n) is 1.33. The van der Waals surface area contributed by atoms with Crippen LogP contribution in [0.3, 0.4) is 0 Å². The summed E-state index contributed by atoms with van der Waals surface area (Å²) in [6.45, 7) is 6.39. The summed E-state index contributed by atoms with van der Waals surface area (Å²) in [7, 11) is 1.81. The van der Waals surface area contributed by atoms with Gasteiger partial charge in [-0.15, -0.1) is 0 Å². The van der Waals surface area contributed by atoms with E-state index in [1.807, 2.05) is 19.2 Å². The predicted molar refractivity (Wildman–Crippen MR) is 71.1 cm³/mol. The average molecular weight is 235 g/mol. The molecule has 94 valence electrons.